The third-order valence-electron chi connectivity index (χ3n) is 17.1. The second kappa shape index (κ2) is 35.0. The van der Waals surface area contributed by atoms with E-state index in [1.807, 2.05) is 68.4 Å². The molecule has 4 N–H and O–H groups in total. The summed E-state index contributed by atoms with van der Waals surface area (Å²) in [5.74, 6) is 1.19. The Hall–Kier alpha value is -8.70. The van der Waals surface area contributed by atoms with E-state index in [4.69, 9.17) is 4.74 Å². The topological polar surface area (TPSA) is 227 Å². The van der Waals surface area contributed by atoms with Crippen molar-refractivity contribution in [3.8, 4) is 0 Å². The summed E-state index contributed by atoms with van der Waals surface area (Å²) in [6.07, 6.45) is 24.8. The number of piperazine rings is 1. The van der Waals surface area contributed by atoms with Crippen molar-refractivity contribution in [3.63, 3.8) is 0 Å². The molecule has 12 rings (SSSR count). The van der Waals surface area contributed by atoms with E-state index in [1.165, 1.54) is 94.2 Å². The van der Waals surface area contributed by atoms with Crippen molar-refractivity contribution >= 4 is 29.9 Å². The standard InChI is InChI=1S/C21H27FN4O3.2C17H20FN3O.C17H21N3O/c1-21(2,3)29-20(28)26-10-8-25(9-11-26)19-23-12-16(13-24-19)18(14-27)15-4-6-17(22)7-5-15;2*18-15-6-4-13(5-7-15)16(12-22)14-10-19-17(20-11-14)21-8-2-1-3-9-21;21-13-16(14-7-3-1-4-8-14)15-11-18-17(19-12-15)20-9-5-2-6-10-20/h4-7,12-13,18,27H,8-11,14H2,1-3H3;2*4-7,10-11,16,22H,1-3,8-9,12H2;1,3-4,7-8,11-12,16,21H,2,5-6,9-10,13H2/t;16-;;16-/m.0.1/s1. The number of hydrogen-bond acceptors (Lipinski definition) is 18. The van der Waals surface area contributed by atoms with Crippen molar-refractivity contribution in [2.45, 2.75) is 108 Å². The van der Waals surface area contributed by atoms with E-state index in [0.29, 0.717) is 32.1 Å². The third kappa shape index (κ3) is 19.9. The number of aromatic nitrogens is 8. The minimum atomic E-state index is -0.513. The molecule has 4 aliphatic rings. The average Bonchev–Trinajstić information content (AvgIpc) is 1.20. The lowest BCUT2D eigenvalue weighted by Crippen LogP contribution is -2.50. The maximum absolute atomic E-state index is 13.1. The number of amides is 1. The monoisotopic (exact) mass is 1290 g/mol. The van der Waals surface area contributed by atoms with Gasteiger partial charge in [-0.2, -0.15) is 0 Å². The smallest absolute Gasteiger partial charge is 0.410 e. The fraction of sp³-hybridized carbons (Fsp3) is 0.431. The first-order chi connectivity index (χ1) is 45.7. The molecule has 8 heterocycles. The number of aliphatic hydroxyl groups excluding tert-OH is 4. The van der Waals surface area contributed by atoms with Crippen LogP contribution in [0, 0.1) is 17.5 Å². The molecule has 0 aliphatic carbocycles. The van der Waals surface area contributed by atoms with Crippen LogP contribution in [0.25, 0.3) is 0 Å². The van der Waals surface area contributed by atoms with E-state index in [-0.39, 0.29) is 73.6 Å². The normalized spacial score (nSPS) is 16.4. The molecule has 1 amide bonds. The minimum absolute atomic E-state index is 0.0541. The van der Waals surface area contributed by atoms with Gasteiger partial charge in [-0.25, -0.2) is 57.8 Å². The Balaban J connectivity index is 0.000000149. The van der Waals surface area contributed by atoms with Crippen LogP contribution < -0.4 is 19.6 Å². The maximum atomic E-state index is 13.1. The Morgan fingerprint density at radius 2 is 0.606 bits per heavy atom. The van der Waals surface area contributed by atoms with Gasteiger partial charge in [-0.1, -0.05) is 66.7 Å². The molecule has 0 radical (unpaired) electrons. The molecule has 2 unspecified atom stereocenters. The summed E-state index contributed by atoms with van der Waals surface area (Å²) in [5.41, 5.74) is 6.51. The molecule has 4 aliphatic heterocycles. The van der Waals surface area contributed by atoms with Crippen LogP contribution in [0.1, 0.15) is 147 Å². The Morgan fingerprint density at radius 3 is 0.851 bits per heavy atom. The van der Waals surface area contributed by atoms with Gasteiger partial charge in [-0.15, -0.1) is 0 Å². The summed E-state index contributed by atoms with van der Waals surface area (Å²) in [6, 6.07) is 28.4. The summed E-state index contributed by atoms with van der Waals surface area (Å²) >= 11 is 0. The number of hydrogen-bond donors (Lipinski definition) is 4. The first-order valence-electron chi connectivity index (χ1n) is 32.7. The SMILES string of the molecule is CC(C)(C)OC(=O)N1CCN(c2ncc(C(CO)c3ccc(F)cc3)cn2)CC1.OCC(c1ccc(F)cc1)c1cnc(N2CCCCC2)nc1.OC[C@@H](c1ccc(F)cc1)c1cnc(N2CCCCC2)nc1.OC[C@H](c1ccccc1)c1cnc(N2CCCCC2)nc1. The van der Waals surface area contributed by atoms with Gasteiger partial charge in [0.2, 0.25) is 23.8 Å². The molecule has 4 saturated heterocycles. The molecule has 22 heteroatoms. The Bertz CT molecular complexity index is 3370. The van der Waals surface area contributed by atoms with E-state index in [9.17, 15) is 38.4 Å². The second-order valence-electron chi connectivity index (χ2n) is 24.9. The average molecular weight is 1290 g/mol. The number of rotatable bonds is 16. The van der Waals surface area contributed by atoms with E-state index >= 15 is 0 Å². The molecular formula is C72H88F3N13O6. The first-order valence-corrected chi connectivity index (χ1v) is 32.7. The van der Waals surface area contributed by atoms with Gasteiger partial charge >= 0.3 is 6.09 Å². The zero-order valence-electron chi connectivity index (χ0n) is 54.1. The highest BCUT2D eigenvalue weighted by Gasteiger charge is 2.28. The van der Waals surface area contributed by atoms with Crippen LogP contribution in [0.2, 0.25) is 0 Å². The number of aliphatic hydroxyl groups is 4. The number of benzene rings is 4. The van der Waals surface area contributed by atoms with Gasteiger partial charge < -0.3 is 49.7 Å². The highest BCUT2D eigenvalue weighted by molar-refractivity contribution is 5.68. The number of ether oxygens (including phenoxy) is 1. The lowest BCUT2D eigenvalue weighted by atomic mass is 9.94. The maximum Gasteiger partial charge on any atom is 0.410 e. The third-order valence-corrected chi connectivity index (χ3v) is 17.1. The van der Waals surface area contributed by atoms with Crippen LogP contribution in [-0.4, -0.2) is 169 Å². The molecule has 8 aromatic rings. The van der Waals surface area contributed by atoms with Crippen molar-refractivity contribution in [1.29, 1.82) is 0 Å². The molecule has 94 heavy (non-hydrogen) atoms. The summed E-state index contributed by atoms with van der Waals surface area (Å²) in [6.45, 7) is 13.8. The highest BCUT2D eigenvalue weighted by Crippen LogP contribution is 2.30. The van der Waals surface area contributed by atoms with E-state index in [1.54, 1.807) is 78.5 Å². The molecule has 4 fully saturated rings. The zero-order chi connectivity index (χ0) is 66.2. The summed E-state index contributed by atoms with van der Waals surface area (Å²) in [4.78, 5) is 58.1. The van der Waals surface area contributed by atoms with E-state index in [0.717, 1.165) is 102 Å². The van der Waals surface area contributed by atoms with E-state index < -0.39 is 5.60 Å². The quantitative estimate of drug-likeness (QED) is 0.0705. The van der Waals surface area contributed by atoms with Gasteiger partial charge in [0.05, 0.1) is 26.4 Å². The van der Waals surface area contributed by atoms with Crippen LogP contribution in [0.4, 0.5) is 41.8 Å². The Morgan fingerprint density at radius 1 is 0.362 bits per heavy atom. The van der Waals surface area contributed by atoms with Gasteiger partial charge in [0.1, 0.15) is 23.1 Å². The highest BCUT2D eigenvalue weighted by atomic mass is 19.1. The van der Waals surface area contributed by atoms with Crippen LogP contribution in [-0.2, 0) is 4.74 Å². The second-order valence-corrected chi connectivity index (χ2v) is 24.9. The Labute approximate surface area is 549 Å². The minimum Gasteiger partial charge on any atom is -0.444 e. The van der Waals surface area contributed by atoms with Crippen molar-refractivity contribution in [1.82, 2.24) is 44.8 Å². The summed E-state index contributed by atoms with van der Waals surface area (Å²) < 4.78 is 44.6. The van der Waals surface area contributed by atoms with Crippen molar-refractivity contribution in [2.75, 3.05) is 111 Å². The number of nitrogens with zero attached hydrogens (tertiary/aromatic N) is 13. The van der Waals surface area contributed by atoms with Crippen molar-refractivity contribution < 1.29 is 43.1 Å². The molecule has 4 aromatic carbocycles. The van der Waals surface area contributed by atoms with E-state index in [2.05, 4.69) is 54.6 Å². The predicted molar refractivity (Wildman–Crippen MR) is 358 cm³/mol. The molecular weight excluding hydrogens is 1200 g/mol. The number of carbonyl (C=O) groups is 1. The van der Waals surface area contributed by atoms with Crippen molar-refractivity contribution in [3.05, 3.63) is 215 Å². The van der Waals surface area contributed by atoms with Gasteiger partial charge in [-0.3, -0.25) is 0 Å². The largest absolute Gasteiger partial charge is 0.444 e. The number of anilines is 4. The molecule has 0 spiro atoms. The van der Waals surface area contributed by atoms with Crippen LogP contribution in [0.15, 0.2) is 153 Å². The fourth-order valence-electron chi connectivity index (χ4n) is 11.8. The first kappa shape index (κ1) is 69.6. The number of carbonyl (C=O) groups excluding carboxylic acids is 1. The fourth-order valence-corrected chi connectivity index (χ4v) is 11.8. The van der Waals surface area contributed by atoms with Gasteiger partial charge in [-0.05, 0) is 159 Å². The summed E-state index contributed by atoms with van der Waals surface area (Å²) in [5, 5.41) is 38.8. The molecule has 19 nitrogen and oxygen atoms in total. The predicted octanol–water partition coefficient (Wildman–Crippen LogP) is 10.8. The van der Waals surface area contributed by atoms with Crippen LogP contribution >= 0.6 is 0 Å². The molecule has 498 valence electrons. The lowest BCUT2D eigenvalue weighted by Gasteiger charge is -2.35. The van der Waals surface area contributed by atoms with Crippen LogP contribution in [0.3, 0.4) is 0 Å². The lowest BCUT2D eigenvalue weighted by molar-refractivity contribution is 0.0240. The summed E-state index contributed by atoms with van der Waals surface area (Å²) in [7, 11) is 0. The van der Waals surface area contributed by atoms with Crippen LogP contribution in [0.5, 0.6) is 0 Å². The molecule has 0 saturated carbocycles. The van der Waals surface area contributed by atoms with Gasteiger partial charge in [0, 0.05) is 139 Å². The zero-order valence-corrected chi connectivity index (χ0v) is 54.1. The van der Waals surface area contributed by atoms with Gasteiger partial charge in [0.15, 0.2) is 0 Å². The van der Waals surface area contributed by atoms with Crippen molar-refractivity contribution in [2.24, 2.45) is 0 Å². The Kier molecular flexibility index (Phi) is 25.9. The number of piperidine rings is 3. The molecule has 4 atom stereocenters. The number of halogens is 3. The molecule has 4 aromatic heterocycles. The molecule has 0 bridgehead atoms. The van der Waals surface area contributed by atoms with Gasteiger partial charge in [0.25, 0.3) is 0 Å².